The predicted molar refractivity (Wildman–Crippen MR) is 74.9 cm³/mol. The van der Waals surface area contributed by atoms with Crippen LogP contribution in [0.2, 0.25) is 0 Å². The van der Waals surface area contributed by atoms with Gasteiger partial charge in [-0.1, -0.05) is 30.3 Å². The van der Waals surface area contributed by atoms with E-state index in [1.54, 1.807) is 0 Å². The maximum Gasteiger partial charge on any atom is 0.143 e. The van der Waals surface area contributed by atoms with Gasteiger partial charge in [0.15, 0.2) is 0 Å². The topological polar surface area (TPSA) is 56.7 Å². The van der Waals surface area contributed by atoms with Crippen LogP contribution in [0.3, 0.4) is 0 Å². The largest absolute Gasteiger partial charge is 0.326 e. The summed E-state index contributed by atoms with van der Waals surface area (Å²) in [6.45, 7) is 5.22. The molecule has 0 aliphatic carbocycles. The molecular formula is C15H20N4. The Bertz CT molecular complexity index is 571. The minimum atomic E-state index is -0.149. The number of nitrogens with two attached hydrogens (primary N) is 1. The highest BCUT2D eigenvalue weighted by atomic mass is 15.3. The highest BCUT2D eigenvalue weighted by Crippen LogP contribution is 2.31. The fraction of sp³-hybridized carbons (Fsp3) is 0.467. The standard InChI is InChI=1S/C15H20N4/c1-15(2,11-6-4-3-5-7-11)14-18-17-13-9-8-12(16)10-19(13)14/h3-7,12H,8-10,16H2,1-2H3. The fourth-order valence-corrected chi connectivity index (χ4v) is 2.80. The third-order valence-corrected chi connectivity index (χ3v) is 4.04. The van der Waals surface area contributed by atoms with Crippen molar-refractivity contribution in [3.05, 3.63) is 47.5 Å². The normalized spacial score (nSPS) is 19.2. The van der Waals surface area contributed by atoms with Crippen LogP contribution in [0.1, 0.15) is 37.5 Å². The van der Waals surface area contributed by atoms with Crippen LogP contribution < -0.4 is 5.73 Å². The molecule has 4 nitrogen and oxygen atoms in total. The summed E-state index contributed by atoms with van der Waals surface area (Å²) in [6, 6.07) is 10.7. The first-order chi connectivity index (χ1) is 9.09. The maximum atomic E-state index is 6.08. The van der Waals surface area contributed by atoms with E-state index < -0.39 is 0 Å². The van der Waals surface area contributed by atoms with Gasteiger partial charge in [-0.05, 0) is 25.8 Å². The number of fused-ring (bicyclic) bond motifs is 1. The molecule has 0 amide bonds. The quantitative estimate of drug-likeness (QED) is 0.892. The van der Waals surface area contributed by atoms with Crippen LogP contribution in [0.25, 0.3) is 0 Å². The van der Waals surface area contributed by atoms with Gasteiger partial charge in [-0.15, -0.1) is 10.2 Å². The molecule has 1 aliphatic heterocycles. The van der Waals surface area contributed by atoms with Gasteiger partial charge in [0.05, 0.1) is 0 Å². The van der Waals surface area contributed by atoms with Crippen LogP contribution in [0.5, 0.6) is 0 Å². The van der Waals surface area contributed by atoms with Crippen LogP contribution in [0.4, 0.5) is 0 Å². The van der Waals surface area contributed by atoms with Crippen LogP contribution in [0.15, 0.2) is 30.3 Å². The molecule has 0 saturated carbocycles. The molecule has 0 bridgehead atoms. The minimum Gasteiger partial charge on any atom is -0.326 e. The van der Waals surface area contributed by atoms with E-state index in [2.05, 4.69) is 52.9 Å². The highest BCUT2D eigenvalue weighted by molar-refractivity contribution is 5.31. The van der Waals surface area contributed by atoms with Crippen molar-refractivity contribution in [3.8, 4) is 0 Å². The van der Waals surface area contributed by atoms with Gasteiger partial charge in [0.1, 0.15) is 11.6 Å². The monoisotopic (exact) mass is 256 g/mol. The van der Waals surface area contributed by atoms with Gasteiger partial charge >= 0.3 is 0 Å². The van der Waals surface area contributed by atoms with E-state index in [0.29, 0.717) is 0 Å². The first kappa shape index (κ1) is 12.4. The number of aromatic nitrogens is 3. The van der Waals surface area contributed by atoms with Gasteiger partial charge < -0.3 is 10.3 Å². The molecule has 2 aromatic rings. The third kappa shape index (κ3) is 2.06. The Labute approximate surface area is 113 Å². The van der Waals surface area contributed by atoms with Crippen molar-refractivity contribution >= 4 is 0 Å². The molecule has 1 atom stereocenters. The van der Waals surface area contributed by atoms with Crippen molar-refractivity contribution in [2.75, 3.05) is 0 Å². The molecule has 1 unspecified atom stereocenters. The van der Waals surface area contributed by atoms with E-state index in [9.17, 15) is 0 Å². The molecule has 19 heavy (non-hydrogen) atoms. The first-order valence-corrected chi connectivity index (χ1v) is 6.82. The average molecular weight is 256 g/mol. The summed E-state index contributed by atoms with van der Waals surface area (Å²) in [5.41, 5.74) is 7.19. The second-order valence-electron chi connectivity index (χ2n) is 5.84. The summed E-state index contributed by atoms with van der Waals surface area (Å²) in [6.07, 6.45) is 1.93. The number of benzene rings is 1. The summed E-state index contributed by atoms with van der Waals surface area (Å²) in [5.74, 6) is 2.09. The van der Waals surface area contributed by atoms with Gasteiger partial charge in [0.25, 0.3) is 0 Å². The minimum absolute atomic E-state index is 0.149. The van der Waals surface area contributed by atoms with Crippen molar-refractivity contribution in [1.29, 1.82) is 0 Å². The average Bonchev–Trinajstić information content (AvgIpc) is 2.83. The SMILES string of the molecule is CC(C)(c1ccccc1)c1nnc2n1CC(N)CC2. The zero-order valence-corrected chi connectivity index (χ0v) is 11.5. The van der Waals surface area contributed by atoms with Crippen LogP contribution in [-0.2, 0) is 18.4 Å². The third-order valence-electron chi connectivity index (χ3n) is 4.04. The number of aryl methyl sites for hydroxylation is 1. The molecule has 0 spiro atoms. The molecule has 3 rings (SSSR count). The molecule has 2 N–H and O–H groups in total. The molecule has 2 heterocycles. The summed E-state index contributed by atoms with van der Waals surface area (Å²) in [7, 11) is 0. The molecule has 0 fully saturated rings. The van der Waals surface area contributed by atoms with E-state index in [1.165, 1.54) is 5.56 Å². The van der Waals surface area contributed by atoms with Gasteiger partial charge in [-0.2, -0.15) is 0 Å². The fourth-order valence-electron chi connectivity index (χ4n) is 2.80. The smallest absolute Gasteiger partial charge is 0.143 e. The van der Waals surface area contributed by atoms with E-state index in [0.717, 1.165) is 31.0 Å². The zero-order chi connectivity index (χ0) is 13.5. The Morgan fingerprint density at radius 1 is 1.21 bits per heavy atom. The lowest BCUT2D eigenvalue weighted by atomic mass is 9.83. The Kier molecular flexibility index (Phi) is 2.90. The highest BCUT2D eigenvalue weighted by Gasteiger charge is 2.32. The summed E-state index contributed by atoms with van der Waals surface area (Å²) in [5, 5.41) is 8.78. The van der Waals surface area contributed by atoms with E-state index >= 15 is 0 Å². The Balaban J connectivity index is 2.05. The lowest BCUT2D eigenvalue weighted by Gasteiger charge is -2.28. The molecule has 4 heteroatoms. The lowest BCUT2D eigenvalue weighted by molar-refractivity contribution is 0.422. The number of hydrogen-bond donors (Lipinski definition) is 1. The number of nitrogens with zero attached hydrogens (tertiary/aromatic N) is 3. The Morgan fingerprint density at radius 2 is 1.95 bits per heavy atom. The molecule has 0 saturated heterocycles. The zero-order valence-electron chi connectivity index (χ0n) is 11.5. The molecule has 0 radical (unpaired) electrons. The Morgan fingerprint density at radius 3 is 2.68 bits per heavy atom. The summed E-state index contributed by atoms with van der Waals surface area (Å²) >= 11 is 0. The van der Waals surface area contributed by atoms with Gasteiger partial charge in [0, 0.05) is 24.4 Å². The lowest BCUT2D eigenvalue weighted by Crippen LogP contribution is -2.35. The number of hydrogen-bond acceptors (Lipinski definition) is 3. The van der Waals surface area contributed by atoms with Gasteiger partial charge in [0.2, 0.25) is 0 Å². The molecule has 100 valence electrons. The van der Waals surface area contributed by atoms with Crippen molar-refractivity contribution < 1.29 is 0 Å². The molecule has 1 aliphatic rings. The number of rotatable bonds is 2. The Hall–Kier alpha value is -1.68. The van der Waals surface area contributed by atoms with E-state index in [4.69, 9.17) is 5.73 Å². The van der Waals surface area contributed by atoms with Crippen LogP contribution >= 0.6 is 0 Å². The maximum absolute atomic E-state index is 6.08. The molecule has 1 aromatic carbocycles. The first-order valence-electron chi connectivity index (χ1n) is 6.82. The van der Waals surface area contributed by atoms with Crippen molar-refractivity contribution in [1.82, 2.24) is 14.8 Å². The van der Waals surface area contributed by atoms with E-state index in [-0.39, 0.29) is 11.5 Å². The predicted octanol–water partition coefficient (Wildman–Crippen LogP) is 1.88. The van der Waals surface area contributed by atoms with Crippen molar-refractivity contribution in [2.24, 2.45) is 5.73 Å². The second kappa shape index (κ2) is 4.46. The molecule has 1 aromatic heterocycles. The van der Waals surface area contributed by atoms with Crippen LogP contribution in [0, 0.1) is 0 Å². The van der Waals surface area contributed by atoms with Crippen molar-refractivity contribution in [2.45, 2.75) is 44.7 Å². The van der Waals surface area contributed by atoms with Gasteiger partial charge in [-0.3, -0.25) is 0 Å². The van der Waals surface area contributed by atoms with Crippen molar-refractivity contribution in [3.63, 3.8) is 0 Å². The molecular weight excluding hydrogens is 236 g/mol. The van der Waals surface area contributed by atoms with E-state index in [1.807, 2.05) is 6.07 Å². The summed E-state index contributed by atoms with van der Waals surface area (Å²) in [4.78, 5) is 0. The second-order valence-corrected chi connectivity index (χ2v) is 5.84. The van der Waals surface area contributed by atoms with Gasteiger partial charge in [-0.25, -0.2) is 0 Å². The summed E-state index contributed by atoms with van der Waals surface area (Å²) < 4.78 is 2.21. The van der Waals surface area contributed by atoms with Crippen LogP contribution in [-0.4, -0.2) is 20.8 Å².